The van der Waals surface area contributed by atoms with Crippen LogP contribution in [0.15, 0.2) is 52.1 Å². The quantitative estimate of drug-likeness (QED) is 0.315. The minimum atomic E-state index is -1.06. The van der Waals surface area contributed by atoms with Crippen LogP contribution in [0.3, 0.4) is 0 Å². The van der Waals surface area contributed by atoms with Gasteiger partial charge in [-0.25, -0.2) is 0 Å². The molecule has 10 nitrogen and oxygen atoms in total. The van der Waals surface area contributed by atoms with Crippen molar-refractivity contribution in [3.05, 3.63) is 84.4 Å². The van der Waals surface area contributed by atoms with Gasteiger partial charge in [-0.1, -0.05) is 30.3 Å². The summed E-state index contributed by atoms with van der Waals surface area (Å²) in [4.78, 5) is 51.5. The van der Waals surface area contributed by atoms with Crippen LogP contribution in [0.1, 0.15) is 11.1 Å². The van der Waals surface area contributed by atoms with Gasteiger partial charge in [0.15, 0.2) is 0 Å². The molecule has 0 saturated heterocycles. The Morgan fingerprint density at radius 3 is 2.39 bits per heavy atom. The van der Waals surface area contributed by atoms with Crippen LogP contribution in [0.2, 0.25) is 0 Å². The summed E-state index contributed by atoms with van der Waals surface area (Å²) in [7, 11) is 0. The van der Waals surface area contributed by atoms with Crippen molar-refractivity contribution in [3.8, 4) is 0 Å². The summed E-state index contributed by atoms with van der Waals surface area (Å²) in [6.45, 7) is -0.0149. The number of carbonyl (C=O) groups is 1. The van der Waals surface area contributed by atoms with Gasteiger partial charge in [-0.3, -0.25) is 29.4 Å². The molecule has 144 valence electrons. The number of benzene rings is 2. The molecule has 0 atom stereocenters. The third kappa shape index (κ3) is 4.30. The van der Waals surface area contributed by atoms with Crippen molar-refractivity contribution in [3.63, 3.8) is 0 Å². The van der Waals surface area contributed by atoms with E-state index in [2.05, 4.69) is 9.97 Å². The Morgan fingerprint density at radius 2 is 1.75 bits per heavy atom. The Morgan fingerprint density at radius 1 is 1.07 bits per heavy atom. The van der Waals surface area contributed by atoms with Crippen molar-refractivity contribution in [1.29, 1.82) is 0 Å². The number of hydrogen-bond acceptors (Lipinski definition) is 6. The van der Waals surface area contributed by atoms with Crippen molar-refractivity contribution in [2.75, 3.05) is 6.54 Å². The highest BCUT2D eigenvalue weighted by molar-refractivity contribution is 5.80. The molecule has 0 aliphatic carbocycles. The van der Waals surface area contributed by atoms with Crippen molar-refractivity contribution >= 4 is 22.7 Å². The van der Waals surface area contributed by atoms with Crippen LogP contribution in [0.25, 0.3) is 11.0 Å². The summed E-state index contributed by atoms with van der Waals surface area (Å²) in [5.41, 5.74) is -0.584. The fourth-order valence-electron chi connectivity index (χ4n) is 2.95. The van der Waals surface area contributed by atoms with Gasteiger partial charge in [-0.2, -0.15) is 0 Å². The predicted molar refractivity (Wildman–Crippen MR) is 100 cm³/mol. The van der Waals surface area contributed by atoms with Gasteiger partial charge >= 0.3 is 17.1 Å². The molecule has 3 N–H and O–H groups in total. The van der Waals surface area contributed by atoms with Crippen LogP contribution >= 0.6 is 0 Å². The topological polar surface area (TPSA) is 149 Å². The number of nitro benzene ring substituents is 1. The Kier molecular flexibility index (Phi) is 5.32. The molecule has 0 aliphatic heterocycles. The summed E-state index contributed by atoms with van der Waals surface area (Å²) in [6.07, 6.45) is 0. The minimum Gasteiger partial charge on any atom is -0.480 e. The van der Waals surface area contributed by atoms with Crippen LogP contribution in [0, 0.1) is 10.1 Å². The van der Waals surface area contributed by atoms with E-state index in [0.29, 0.717) is 5.56 Å². The molecule has 0 fully saturated rings. The van der Waals surface area contributed by atoms with Crippen LogP contribution in [0.4, 0.5) is 5.69 Å². The zero-order valence-electron chi connectivity index (χ0n) is 14.5. The maximum absolute atomic E-state index is 11.7. The number of carboxylic acid groups (broad SMARTS) is 1. The summed E-state index contributed by atoms with van der Waals surface area (Å²) >= 11 is 0. The van der Waals surface area contributed by atoms with Crippen LogP contribution in [0.5, 0.6) is 0 Å². The van der Waals surface area contributed by atoms with Crippen molar-refractivity contribution in [1.82, 2.24) is 14.9 Å². The summed E-state index contributed by atoms with van der Waals surface area (Å²) in [5, 5.41) is 20.5. The molecular formula is C18H16N4O6. The standard InChI is InChI=1S/C18H16N4O6/c23-15(24)10-21(8-11-4-2-1-3-5-11)9-12-6-13(22(27)28)7-14-16(12)20-18(26)17(25)19-14/h1-7H,8-10H2,(H,19,25)(H,20,26)(H,23,24). The first-order valence-corrected chi connectivity index (χ1v) is 8.25. The van der Waals surface area contributed by atoms with Crippen molar-refractivity contribution in [2.24, 2.45) is 0 Å². The largest absolute Gasteiger partial charge is 0.480 e. The number of aromatic nitrogens is 2. The molecule has 0 radical (unpaired) electrons. The molecule has 1 aromatic heterocycles. The molecule has 0 amide bonds. The van der Waals surface area contributed by atoms with E-state index in [9.17, 15) is 29.6 Å². The van der Waals surface area contributed by atoms with Crippen LogP contribution in [-0.2, 0) is 17.9 Å². The fourth-order valence-corrected chi connectivity index (χ4v) is 2.95. The predicted octanol–water partition coefficient (Wildman–Crippen LogP) is 1.21. The number of non-ortho nitro benzene ring substituents is 1. The van der Waals surface area contributed by atoms with Gasteiger partial charge in [0, 0.05) is 25.2 Å². The Labute approximate surface area is 157 Å². The Balaban J connectivity index is 2.07. The fraction of sp³-hybridized carbons (Fsp3) is 0.167. The van der Waals surface area contributed by atoms with Gasteiger partial charge < -0.3 is 15.1 Å². The summed E-state index contributed by atoms with van der Waals surface area (Å²) < 4.78 is 0. The first-order valence-electron chi connectivity index (χ1n) is 8.25. The second-order valence-corrected chi connectivity index (χ2v) is 6.22. The number of aliphatic carboxylic acids is 1. The normalized spacial score (nSPS) is 11.0. The SMILES string of the molecule is O=C(O)CN(Cc1ccccc1)Cc1cc([N+](=O)[O-])cc2[nH]c(=O)c(=O)[nH]c12. The van der Waals surface area contributed by atoms with E-state index in [0.717, 1.165) is 11.6 Å². The molecule has 3 rings (SSSR count). The zero-order chi connectivity index (χ0) is 20.3. The molecule has 2 aromatic carbocycles. The lowest BCUT2D eigenvalue weighted by Gasteiger charge is -2.21. The van der Waals surface area contributed by atoms with E-state index in [-0.39, 0.29) is 36.4 Å². The van der Waals surface area contributed by atoms with E-state index in [1.54, 1.807) is 4.90 Å². The van der Waals surface area contributed by atoms with Gasteiger partial charge in [0.25, 0.3) is 5.69 Å². The number of nitrogens with one attached hydrogen (secondary N) is 2. The number of H-pyrrole nitrogens is 2. The third-order valence-corrected chi connectivity index (χ3v) is 4.11. The molecule has 0 saturated carbocycles. The highest BCUT2D eigenvalue weighted by Crippen LogP contribution is 2.23. The molecule has 0 spiro atoms. The molecular weight excluding hydrogens is 368 g/mol. The molecule has 3 aromatic rings. The monoisotopic (exact) mass is 384 g/mol. The van der Waals surface area contributed by atoms with Gasteiger partial charge in [0.05, 0.1) is 22.5 Å². The number of hydrogen-bond donors (Lipinski definition) is 3. The number of nitro groups is 1. The maximum Gasteiger partial charge on any atom is 0.317 e. The molecule has 10 heteroatoms. The lowest BCUT2D eigenvalue weighted by atomic mass is 10.1. The lowest BCUT2D eigenvalue weighted by molar-refractivity contribution is -0.384. The summed E-state index contributed by atoms with van der Waals surface area (Å²) in [5.74, 6) is -1.06. The smallest absolute Gasteiger partial charge is 0.317 e. The number of aromatic amines is 2. The van der Waals surface area contributed by atoms with Gasteiger partial charge in [0.1, 0.15) is 0 Å². The molecule has 1 heterocycles. The first kappa shape index (κ1) is 19.0. The van der Waals surface area contributed by atoms with E-state index in [1.165, 1.54) is 6.07 Å². The second kappa shape index (κ2) is 7.84. The average Bonchev–Trinajstić information content (AvgIpc) is 2.63. The second-order valence-electron chi connectivity index (χ2n) is 6.22. The van der Waals surface area contributed by atoms with Gasteiger partial charge in [0.2, 0.25) is 0 Å². The number of fused-ring (bicyclic) bond motifs is 1. The maximum atomic E-state index is 11.7. The molecule has 28 heavy (non-hydrogen) atoms. The molecule has 0 unspecified atom stereocenters. The van der Waals surface area contributed by atoms with E-state index >= 15 is 0 Å². The van der Waals surface area contributed by atoms with Crippen LogP contribution in [-0.4, -0.2) is 37.4 Å². The molecule has 0 bridgehead atoms. The van der Waals surface area contributed by atoms with E-state index in [4.69, 9.17) is 0 Å². The first-order chi connectivity index (χ1) is 13.3. The summed E-state index contributed by atoms with van der Waals surface area (Å²) in [6, 6.07) is 11.5. The highest BCUT2D eigenvalue weighted by Gasteiger charge is 2.18. The van der Waals surface area contributed by atoms with Gasteiger partial charge in [-0.15, -0.1) is 0 Å². The number of carboxylic acids is 1. The number of rotatable bonds is 7. The lowest BCUT2D eigenvalue weighted by Crippen LogP contribution is -2.31. The minimum absolute atomic E-state index is 0.0152. The Hall–Kier alpha value is -3.79. The van der Waals surface area contributed by atoms with Crippen molar-refractivity contribution in [2.45, 2.75) is 13.1 Å². The van der Waals surface area contributed by atoms with E-state index in [1.807, 2.05) is 30.3 Å². The van der Waals surface area contributed by atoms with Gasteiger partial charge in [-0.05, 0) is 11.1 Å². The molecule has 0 aliphatic rings. The highest BCUT2D eigenvalue weighted by atomic mass is 16.6. The van der Waals surface area contributed by atoms with E-state index < -0.39 is 22.0 Å². The third-order valence-electron chi connectivity index (χ3n) is 4.11. The Bertz CT molecular complexity index is 1150. The number of nitrogens with zero attached hydrogens (tertiary/aromatic N) is 2. The van der Waals surface area contributed by atoms with Crippen LogP contribution < -0.4 is 11.1 Å². The zero-order valence-corrected chi connectivity index (χ0v) is 14.5. The van der Waals surface area contributed by atoms with Crippen molar-refractivity contribution < 1.29 is 14.8 Å². The average molecular weight is 384 g/mol.